The largest absolute Gasteiger partial charge is 0.408 e. The summed E-state index contributed by atoms with van der Waals surface area (Å²) in [6, 6.07) is 7.37. The number of aromatic nitrogens is 2. The molecule has 1 aromatic carbocycles. The minimum atomic E-state index is -4.58. The lowest BCUT2D eigenvalue weighted by molar-refractivity contribution is -0.153. The van der Waals surface area contributed by atoms with Crippen molar-refractivity contribution in [2.75, 3.05) is 36.1 Å². The highest BCUT2D eigenvalue weighted by Gasteiger charge is 2.47. The van der Waals surface area contributed by atoms with Crippen molar-refractivity contribution in [3.8, 4) is 0 Å². The van der Waals surface area contributed by atoms with Gasteiger partial charge in [0, 0.05) is 19.2 Å². The Bertz CT molecular complexity index is 966. The molecule has 0 aliphatic carbocycles. The van der Waals surface area contributed by atoms with E-state index in [1.165, 1.54) is 22.8 Å². The number of benzene rings is 1. The first-order valence-corrected chi connectivity index (χ1v) is 10.2. The third-order valence-electron chi connectivity index (χ3n) is 5.79. The molecule has 6 nitrogen and oxygen atoms in total. The van der Waals surface area contributed by atoms with Crippen molar-refractivity contribution in [2.45, 2.75) is 44.3 Å². The summed E-state index contributed by atoms with van der Waals surface area (Å²) < 4.78 is 63.2. The molecule has 3 atom stereocenters. The molecule has 2 aromatic rings. The number of fused-ring (bicyclic) bond motifs is 1. The second kappa shape index (κ2) is 8.49. The molecule has 0 saturated carbocycles. The van der Waals surface area contributed by atoms with Gasteiger partial charge in [0.05, 0.1) is 25.8 Å². The van der Waals surface area contributed by atoms with Crippen LogP contribution in [0.15, 0.2) is 41.2 Å². The SMILES string of the molecule is C[C@@H]1COCCN1c1cc(=O)n2c(n1)N(C[C@H](F)c1ccccc1)[C@H](C(F)(F)F)CC2. The molecule has 2 aliphatic rings. The normalized spacial score (nSPS) is 22.9. The fraction of sp³-hybridized carbons (Fsp3) is 0.524. The van der Waals surface area contributed by atoms with Crippen molar-refractivity contribution < 1.29 is 22.3 Å². The molecule has 2 aliphatic heterocycles. The molecule has 1 saturated heterocycles. The fourth-order valence-electron chi connectivity index (χ4n) is 4.16. The van der Waals surface area contributed by atoms with Gasteiger partial charge in [0.25, 0.3) is 5.56 Å². The summed E-state index contributed by atoms with van der Waals surface area (Å²) in [4.78, 5) is 19.9. The van der Waals surface area contributed by atoms with Gasteiger partial charge in [-0.1, -0.05) is 30.3 Å². The standard InChI is InChI=1S/C21H24F4N4O2/c1-14-13-31-10-9-27(14)18-11-19(30)28-8-7-17(21(23,24)25)29(20(28)26-18)12-16(22)15-5-3-2-4-6-15/h2-6,11,14,16-17H,7-10,12-13H2,1H3/t14-,16+,17+/m1/s1. The van der Waals surface area contributed by atoms with Gasteiger partial charge in [0.1, 0.15) is 18.0 Å². The molecule has 0 bridgehead atoms. The lowest BCUT2D eigenvalue weighted by Gasteiger charge is -2.41. The maximum absolute atomic E-state index is 15.0. The van der Waals surface area contributed by atoms with E-state index in [1.807, 2.05) is 11.8 Å². The van der Waals surface area contributed by atoms with Gasteiger partial charge in [0.15, 0.2) is 0 Å². The summed E-state index contributed by atoms with van der Waals surface area (Å²) in [5, 5.41) is 0. The number of morpholine rings is 1. The van der Waals surface area contributed by atoms with Crippen LogP contribution in [0.2, 0.25) is 0 Å². The van der Waals surface area contributed by atoms with Crippen molar-refractivity contribution in [3.05, 3.63) is 52.3 Å². The zero-order valence-corrected chi connectivity index (χ0v) is 17.1. The van der Waals surface area contributed by atoms with Gasteiger partial charge < -0.3 is 14.5 Å². The summed E-state index contributed by atoms with van der Waals surface area (Å²) in [7, 11) is 0. The average molecular weight is 440 g/mol. The quantitative estimate of drug-likeness (QED) is 0.683. The predicted octanol–water partition coefficient (Wildman–Crippen LogP) is 3.32. The Morgan fingerprint density at radius 3 is 2.65 bits per heavy atom. The second-order valence-electron chi connectivity index (χ2n) is 7.90. The molecule has 3 heterocycles. The Labute approximate surface area is 177 Å². The van der Waals surface area contributed by atoms with Gasteiger partial charge >= 0.3 is 6.18 Å². The lowest BCUT2D eigenvalue weighted by Crippen LogP contribution is -2.54. The molecule has 1 aromatic heterocycles. The number of anilines is 2. The third kappa shape index (κ3) is 4.39. The Morgan fingerprint density at radius 1 is 1.23 bits per heavy atom. The molecule has 1 fully saturated rings. The van der Waals surface area contributed by atoms with Gasteiger partial charge in [-0.3, -0.25) is 9.36 Å². The molecular formula is C21H24F4N4O2. The minimum absolute atomic E-state index is 0.0857. The molecule has 0 N–H and O–H groups in total. The van der Waals surface area contributed by atoms with Crippen LogP contribution < -0.4 is 15.4 Å². The van der Waals surface area contributed by atoms with Crippen molar-refractivity contribution in [1.82, 2.24) is 9.55 Å². The Hall–Kier alpha value is -2.62. The van der Waals surface area contributed by atoms with E-state index >= 15 is 4.39 Å². The van der Waals surface area contributed by atoms with Gasteiger partial charge in [-0.2, -0.15) is 18.2 Å². The maximum Gasteiger partial charge on any atom is 0.408 e. The van der Waals surface area contributed by atoms with Crippen LogP contribution in [-0.2, 0) is 11.3 Å². The minimum Gasteiger partial charge on any atom is -0.377 e. The summed E-state index contributed by atoms with van der Waals surface area (Å²) in [6.07, 6.45) is -6.59. The van der Waals surface area contributed by atoms with E-state index in [0.717, 1.165) is 4.90 Å². The molecule has 0 amide bonds. The first-order valence-electron chi connectivity index (χ1n) is 10.2. The number of nitrogens with zero attached hydrogens (tertiary/aromatic N) is 4. The molecule has 10 heteroatoms. The van der Waals surface area contributed by atoms with Crippen LogP contribution in [0.4, 0.5) is 29.3 Å². The summed E-state index contributed by atoms with van der Waals surface area (Å²) in [6.45, 7) is 2.54. The van der Waals surface area contributed by atoms with Crippen LogP contribution in [0, 0.1) is 0 Å². The zero-order chi connectivity index (χ0) is 22.2. The van der Waals surface area contributed by atoms with E-state index in [2.05, 4.69) is 4.98 Å². The van der Waals surface area contributed by atoms with Crippen LogP contribution >= 0.6 is 0 Å². The number of alkyl halides is 4. The summed E-state index contributed by atoms with van der Waals surface area (Å²) in [5.74, 6) is 0.142. The molecule has 0 radical (unpaired) electrons. The first-order chi connectivity index (χ1) is 14.8. The fourth-order valence-corrected chi connectivity index (χ4v) is 4.16. The summed E-state index contributed by atoms with van der Waals surface area (Å²) in [5.41, 5.74) is -0.166. The first kappa shape index (κ1) is 21.6. The number of rotatable bonds is 4. The molecule has 0 spiro atoms. The molecule has 31 heavy (non-hydrogen) atoms. The van der Waals surface area contributed by atoms with Gasteiger partial charge in [0.2, 0.25) is 5.95 Å². The smallest absolute Gasteiger partial charge is 0.377 e. The lowest BCUT2D eigenvalue weighted by atomic mass is 10.1. The highest BCUT2D eigenvalue weighted by molar-refractivity contribution is 5.48. The van der Waals surface area contributed by atoms with Gasteiger partial charge in [-0.25, -0.2) is 4.39 Å². The number of hydrogen-bond donors (Lipinski definition) is 0. The van der Waals surface area contributed by atoms with Crippen molar-refractivity contribution in [2.24, 2.45) is 0 Å². The maximum atomic E-state index is 15.0. The highest BCUT2D eigenvalue weighted by Crippen LogP contribution is 2.36. The Morgan fingerprint density at radius 2 is 1.97 bits per heavy atom. The van der Waals surface area contributed by atoms with Crippen LogP contribution in [0.25, 0.3) is 0 Å². The molecule has 0 unspecified atom stereocenters. The van der Waals surface area contributed by atoms with Crippen LogP contribution in [0.5, 0.6) is 0 Å². The van der Waals surface area contributed by atoms with Crippen LogP contribution in [0.1, 0.15) is 25.1 Å². The van der Waals surface area contributed by atoms with Gasteiger partial charge in [-0.15, -0.1) is 0 Å². The highest BCUT2D eigenvalue weighted by atomic mass is 19.4. The van der Waals surface area contributed by atoms with Crippen molar-refractivity contribution in [1.29, 1.82) is 0 Å². The molecule has 4 rings (SSSR count). The zero-order valence-electron chi connectivity index (χ0n) is 17.1. The van der Waals surface area contributed by atoms with E-state index < -0.39 is 30.5 Å². The number of halogens is 4. The third-order valence-corrected chi connectivity index (χ3v) is 5.79. The van der Waals surface area contributed by atoms with E-state index in [9.17, 15) is 18.0 Å². The van der Waals surface area contributed by atoms with Gasteiger partial charge in [-0.05, 0) is 18.9 Å². The Balaban J connectivity index is 1.75. The van der Waals surface area contributed by atoms with E-state index in [1.54, 1.807) is 18.2 Å². The molecular weight excluding hydrogens is 416 g/mol. The van der Waals surface area contributed by atoms with Crippen molar-refractivity contribution in [3.63, 3.8) is 0 Å². The van der Waals surface area contributed by atoms with E-state index in [-0.39, 0.29) is 36.3 Å². The second-order valence-corrected chi connectivity index (χ2v) is 7.90. The Kier molecular flexibility index (Phi) is 5.92. The van der Waals surface area contributed by atoms with E-state index in [4.69, 9.17) is 4.74 Å². The molecule has 168 valence electrons. The summed E-state index contributed by atoms with van der Waals surface area (Å²) >= 11 is 0. The predicted molar refractivity (Wildman–Crippen MR) is 108 cm³/mol. The number of hydrogen-bond acceptors (Lipinski definition) is 5. The van der Waals surface area contributed by atoms with E-state index in [0.29, 0.717) is 19.8 Å². The average Bonchev–Trinajstić information content (AvgIpc) is 2.74. The van der Waals surface area contributed by atoms with Crippen LogP contribution in [0.3, 0.4) is 0 Å². The number of ether oxygens (including phenoxy) is 1. The topological polar surface area (TPSA) is 50.6 Å². The van der Waals surface area contributed by atoms with Crippen LogP contribution in [-0.4, -0.2) is 54.1 Å². The monoisotopic (exact) mass is 440 g/mol. The van der Waals surface area contributed by atoms with Crippen molar-refractivity contribution >= 4 is 11.8 Å².